The second kappa shape index (κ2) is 6.45. The fourth-order valence-corrected chi connectivity index (χ4v) is 4.40. The SMILES string of the molecule is O=C1C=C(n2ncc3cc(-c4ccc(N5CCC(F)(F)C5)nc4)ccc32)S(=O)N1. The van der Waals surface area contributed by atoms with Gasteiger partial charge in [-0.25, -0.2) is 22.7 Å². The van der Waals surface area contributed by atoms with E-state index < -0.39 is 22.8 Å². The largest absolute Gasteiger partial charge is 0.350 e. The maximum atomic E-state index is 13.4. The minimum Gasteiger partial charge on any atom is -0.350 e. The number of amides is 1. The van der Waals surface area contributed by atoms with Gasteiger partial charge in [0, 0.05) is 36.2 Å². The zero-order chi connectivity index (χ0) is 20.2. The number of halogens is 2. The predicted octanol–water partition coefficient (Wildman–Crippen LogP) is 2.54. The Morgan fingerprint density at radius 2 is 1.97 bits per heavy atom. The lowest BCUT2D eigenvalue weighted by atomic mass is 10.1. The molecule has 7 nitrogen and oxygen atoms in total. The van der Waals surface area contributed by atoms with Gasteiger partial charge in [0.1, 0.15) is 5.82 Å². The van der Waals surface area contributed by atoms with Crippen molar-refractivity contribution in [2.24, 2.45) is 0 Å². The van der Waals surface area contributed by atoms with Crippen molar-refractivity contribution >= 4 is 38.6 Å². The third kappa shape index (κ3) is 3.19. The van der Waals surface area contributed by atoms with Crippen LogP contribution in [0, 0.1) is 0 Å². The number of nitrogens with one attached hydrogen (secondary N) is 1. The number of hydrogen-bond acceptors (Lipinski definition) is 5. The predicted molar refractivity (Wildman–Crippen MR) is 105 cm³/mol. The molecule has 0 saturated carbocycles. The molecule has 4 heterocycles. The van der Waals surface area contributed by atoms with E-state index in [-0.39, 0.29) is 18.0 Å². The van der Waals surface area contributed by atoms with Crippen LogP contribution < -0.4 is 9.62 Å². The average molecular weight is 415 g/mol. The Labute approximate surface area is 166 Å². The van der Waals surface area contributed by atoms with Crippen molar-refractivity contribution in [2.75, 3.05) is 18.0 Å². The highest BCUT2D eigenvalue weighted by atomic mass is 32.2. The lowest BCUT2D eigenvalue weighted by Crippen LogP contribution is -2.25. The summed E-state index contributed by atoms with van der Waals surface area (Å²) in [5.41, 5.74) is 2.45. The lowest BCUT2D eigenvalue weighted by Gasteiger charge is -2.17. The molecule has 1 aromatic carbocycles. The van der Waals surface area contributed by atoms with Gasteiger partial charge in [0.15, 0.2) is 16.0 Å². The van der Waals surface area contributed by atoms with Crippen LogP contribution in [0.1, 0.15) is 6.42 Å². The van der Waals surface area contributed by atoms with Crippen LogP contribution in [0.25, 0.3) is 27.1 Å². The third-order valence-corrected chi connectivity index (χ3v) is 6.05. The number of anilines is 1. The van der Waals surface area contributed by atoms with Crippen LogP contribution in [-0.2, 0) is 15.8 Å². The van der Waals surface area contributed by atoms with Gasteiger partial charge in [-0.15, -0.1) is 0 Å². The number of alkyl halides is 2. The van der Waals surface area contributed by atoms with Gasteiger partial charge >= 0.3 is 0 Å². The normalized spacial score (nSPS) is 20.9. The number of aromatic nitrogens is 3. The Hall–Kier alpha value is -3.14. The van der Waals surface area contributed by atoms with Gasteiger partial charge in [0.25, 0.3) is 11.8 Å². The Morgan fingerprint density at radius 1 is 1.14 bits per heavy atom. The van der Waals surface area contributed by atoms with Crippen molar-refractivity contribution in [1.29, 1.82) is 0 Å². The van der Waals surface area contributed by atoms with E-state index in [1.54, 1.807) is 23.4 Å². The molecule has 2 aliphatic heterocycles. The topological polar surface area (TPSA) is 80.1 Å². The average Bonchev–Trinajstić information content (AvgIpc) is 3.37. The van der Waals surface area contributed by atoms with Crippen LogP contribution in [0.2, 0.25) is 0 Å². The maximum absolute atomic E-state index is 13.4. The number of benzene rings is 1. The first-order valence-corrected chi connectivity index (χ1v) is 10.1. The zero-order valence-electron chi connectivity index (χ0n) is 15.0. The van der Waals surface area contributed by atoms with Crippen molar-refractivity contribution in [3.63, 3.8) is 0 Å². The summed E-state index contributed by atoms with van der Waals surface area (Å²) in [7, 11) is -1.63. The van der Waals surface area contributed by atoms with Crippen LogP contribution in [0.4, 0.5) is 14.6 Å². The molecule has 148 valence electrons. The summed E-state index contributed by atoms with van der Waals surface area (Å²) in [6.45, 7) is -0.0157. The number of rotatable bonds is 3. The van der Waals surface area contributed by atoms with Gasteiger partial charge in [0.2, 0.25) is 0 Å². The third-order valence-electron chi connectivity index (χ3n) is 4.99. The molecule has 2 aromatic heterocycles. The van der Waals surface area contributed by atoms with Gasteiger partial charge in [-0.05, 0) is 29.8 Å². The van der Waals surface area contributed by atoms with E-state index in [4.69, 9.17) is 0 Å². The van der Waals surface area contributed by atoms with E-state index in [1.807, 2.05) is 24.3 Å². The molecule has 10 heteroatoms. The van der Waals surface area contributed by atoms with Gasteiger partial charge < -0.3 is 4.90 Å². The van der Waals surface area contributed by atoms with E-state index in [9.17, 15) is 17.8 Å². The number of carbonyl (C=O) groups excluding carboxylic acids is 1. The number of pyridine rings is 1. The molecule has 2 aliphatic rings. The van der Waals surface area contributed by atoms with E-state index in [1.165, 1.54) is 10.8 Å². The first kappa shape index (κ1) is 17.9. The van der Waals surface area contributed by atoms with Crippen molar-refractivity contribution < 1.29 is 17.8 Å². The summed E-state index contributed by atoms with van der Waals surface area (Å²) in [5.74, 6) is -2.54. The molecule has 0 spiro atoms. The van der Waals surface area contributed by atoms with E-state index in [2.05, 4.69) is 14.8 Å². The fraction of sp³-hybridized carbons (Fsp3) is 0.211. The van der Waals surface area contributed by atoms with Crippen molar-refractivity contribution in [2.45, 2.75) is 12.3 Å². The minimum absolute atomic E-state index is 0.153. The van der Waals surface area contributed by atoms with E-state index in [0.29, 0.717) is 17.9 Å². The molecule has 0 aliphatic carbocycles. The first-order chi connectivity index (χ1) is 13.9. The number of carbonyl (C=O) groups is 1. The maximum Gasteiger partial charge on any atom is 0.266 e. The molecule has 0 bridgehead atoms. The van der Waals surface area contributed by atoms with Crippen LogP contribution in [0.3, 0.4) is 0 Å². The molecule has 0 radical (unpaired) electrons. The molecule has 1 atom stereocenters. The Bertz CT molecular complexity index is 1190. The van der Waals surface area contributed by atoms with E-state index in [0.717, 1.165) is 16.5 Å². The van der Waals surface area contributed by atoms with Crippen LogP contribution >= 0.6 is 0 Å². The summed E-state index contributed by atoms with van der Waals surface area (Å²) < 4.78 is 42.6. The second-order valence-corrected chi connectivity index (χ2v) is 8.14. The molecule has 1 N–H and O–H groups in total. The van der Waals surface area contributed by atoms with Crippen LogP contribution in [-0.4, -0.2) is 43.9 Å². The summed E-state index contributed by atoms with van der Waals surface area (Å²) in [4.78, 5) is 17.4. The van der Waals surface area contributed by atoms with Crippen molar-refractivity contribution in [3.05, 3.63) is 48.8 Å². The Morgan fingerprint density at radius 3 is 2.62 bits per heavy atom. The van der Waals surface area contributed by atoms with E-state index >= 15 is 0 Å². The first-order valence-electron chi connectivity index (χ1n) is 8.91. The van der Waals surface area contributed by atoms with Crippen molar-refractivity contribution in [1.82, 2.24) is 19.5 Å². The zero-order valence-corrected chi connectivity index (χ0v) is 15.8. The molecular weight excluding hydrogens is 400 g/mol. The molecule has 29 heavy (non-hydrogen) atoms. The summed E-state index contributed by atoms with van der Waals surface area (Å²) >= 11 is 0. The monoisotopic (exact) mass is 415 g/mol. The molecular formula is C19H15F2N5O2S. The van der Waals surface area contributed by atoms with Gasteiger partial charge in [-0.1, -0.05) is 6.07 Å². The van der Waals surface area contributed by atoms with Crippen LogP contribution in [0.5, 0.6) is 0 Å². The quantitative estimate of drug-likeness (QED) is 0.711. The van der Waals surface area contributed by atoms with Gasteiger partial charge in [0.05, 0.1) is 18.3 Å². The molecule has 1 amide bonds. The number of hydrogen-bond donors (Lipinski definition) is 1. The van der Waals surface area contributed by atoms with Crippen molar-refractivity contribution in [3.8, 4) is 11.1 Å². The number of fused-ring (bicyclic) bond motifs is 1. The molecule has 3 aromatic rings. The van der Waals surface area contributed by atoms with Crippen LogP contribution in [0.15, 0.2) is 48.8 Å². The standard InChI is InChI=1S/C19H15F2N5O2S/c20-19(21)5-6-25(11-19)16-4-2-13(9-22-16)12-1-3-15-14(7-12)10-23-26(15)18-8-17(27)24-29(18)28/h1-4,7-10H,5-6,11H2,(H,24,27). The Balaban J connectivity index is 1.43. The summed E-state index contributed by atoms with van der Waals surface area (Å²) in [6.07, 6.45) is 4.41. The summed E-state index contributed by atoms with van der Waals surface area (Å²) in [6, 6.07) is 9.20. The van der Waals surface area contributed by atoms with Gasteiger partial charge in [-0.3, -0.25) is 9.52 Å². The highest BCUT2D eigenvalue weighted by Crippen LogP contribution is 2.31. The highest BCUT2D eigenvalue weighted by Gasteiger charge is 2.38. The second-order valence-electron chi connectivity index (χ2n) is 6.98. The molecule has 5 rings (SSSR count). The smallest absolute Gasteiger partial charge is 0.266 e. The molecule has 1 fully saturated rings. The molecule has 1 unspecified atom stereocenters. The minimum atomic E-state index is -2.66. The van der Waals surface area contributed by atoms with Gasteiger partial charge in [-0.2, -0.15) is 5.10 Å². The Kier molecular flexibility index (Phi) is 3.98. The number of nitrogens with zero attached hydrogens (tertiary/aromatic N) is 4. The highest BCUT2D eigenvalue weighted by molar-refractivity contribution is 7.93. The fourth-order valence-electron chi connectivity index (χ4n) is 3.54. The molecule has 1 saturated heterocycles. The summed E-state index contributed by atoms with van der Waals surface area (Å²) in [5, 5.41) is 5.34. The lowest BCUT2D eigenvalue weighted by molar-refractivity contribution is -0.114.